The predicted molar refractivity (Wildman–Crippen MR) is 75.3 cm³/mol. The minimum atomic E-state index is -0.855. The minimum absolute atomic E-state index is 0.380. The summed E-state index contributed by atoms with van der Waals surface area (Å²) < 4.78 is 0. The second-order valence-corrected chi connectivity index (χ2v) is 6.10. The van der Waals surface area contributed by atoms with Crippen molar-refractivity contribution >= 4 is 17.3 Å². The van der Waals surface area contributed by atoms with Crippen LogP contribution in [0.2, 0.25) is 0 Å². The Morgan fingerprint density at radius 2 is 2.17 bits per heavy atom. The first-order valence-corrected chi connectivity index (χ1v) is 6.97. The Balaban J connectivity index is 2.53. The standard InChI is InChI=1S/C13H22N2O2S/c1-9(2)12(7-15(3)4)14-6-11-5-10(8-18-11)13(16)17/h5,8-9,12,14H,6-7H2,1-4H3,(H,16,17). The van der Waals surface area contributed by atoms with Gasteiger partial charge in [-0.2, -0.15) is 0 Å². The van der Waals surface area contributed by atoms with Crippen LogP contribution in [-0.4, -0.2) is 42.7 Å². The topological polar surface area (TPSA) is 52.6 Å². The number of carboxylic acids is 1. The molecule has 1 aromatic heterocycles. The summed E-state index contributed by atoms with van der Waals surface area (Å²) in [6.45, 7) is 6.10. The zero-order chi connectivity index (χ0) is 13.7. The summed E-state index contributed by atoms with van der Waals surface area (Å²) in [5.74, 6) is -0.308. The van der Waals surface area contributed by atoms with E-state index < -0.39 is 5.97 Å². The second kappa shape index (κ2) is 6.87. The average molecular weight is 270 g/mol. The molecule has 0 aliphatic carbocycles. The van der Waals surface area contributed by atoms with Gasteiger partial charge >= 0.3 is 5.97 Å². The van der Waals surface area contributed by atoms with E-state index in [0.29, 0.717) is 17.5 Å². The first kappa shape index (κ1) is 15.1. The zero-order valence-electron chi connectivity index (χ0n) is 11.4. The van der Waals surface area contributed by atoms with Crippen molar-refractivity contribution in [3.63, 3.8) is 0 Å². The van der Waals surface area contributed by atoms with Crippen LogP contribution in [-0.2, 0) is 6.54 Å². The van der Waals surface area contributed by atoms with Crippen molar-refractivity contribution in [3.8, 4) is 0 Å². The van der Waals surface area contributed by atoms with Gasteiger partial charge in [0, 0.05) is 29.4 Å². The fraction of sp³-hybridized carbons (Fsp3) is 0.615. The number of nitrogens with one attached hydrogen (secondary N) is 1. The Bertz CT molecular complexity index is 388. The average Bonchev–Trinajstić information content (AvgIpc) is 2.72. The molecular formula is C13H22N2O2S. The van der Waals surface area contributed by atoms with E-state index in [-0.39, 0.29) is 0 Å². The highest BCUT2D eigenvalue weighted by molar-refractivity contribution is 7.10. The molecule has 0 saturated heterocycles. The van der Waals surface area contributed by atoms with Gasteiger partial charge in [-0.25, -0.2) is 4.79 Å². The molecular weight excluding hydrogens is 248 g/mol. The van der Waals surface area contributed by atoms with Crippen molar-refractivity contribution in [3.05, 3.63) is 21.9 Å². The van der Waals surface area contributed by atoms with Crippen molar-refractivity contribution in [2.24, 2.45) is 5.92 Å². The Labute approximate surface area is 113 Å². The molecule has 1 rings (SSSR count). The van der Waals surface area contributed by atoms with Gasteiger partial charge in [-0.3, -0.25) is 0 Å². The van der Waals surface area contributed by atoms with Gasteiger partial charge in [0.15, 0.2) is 0 Å². The molecule has 1 unspecified atom stereocenters. The SMILES string of the molecule is CC(C)C(CN(C)C)NCc1cc(C(=O)O)cs1. The van der Waals surface area contributed by atoms with Gasteiger partial charge < -0.3 is 15.3 Å². The van der Waals surface area contributed by atoms with E-state index in [1.54, 1.807) is 11.4 Å². The van der Waals surface area contributed by atoms with Gasteiger partial charge in [-0.05, 0) is 26.1 Å². The van der Waals surface area contributed by atoms with Gasteiger partial charge in [-0.1, -0.05) is 13.8 Å². The van der Waals surface area contributed by atoms with Crippen LogP contribution in [0.5, 0.6) is 0 Å². The number of likely N-dealkylation sites (N-methyl/N-ethyl adjacent to an activating group) is 1. The molecule has 0 spiro atoms. The molecule has 18 heavy (non-hydrogen) atoms. The molecule has 0 amide bonds. The minimum Gasteiger partial charge on any atom is -0.478 e. The molecule has 1 atom stereocenters. The third-order valence-electron chi connectivity index (χ3n) is 2.81. The molecule has 4 nitrogen and oxygen atoms in total. The molecule has 1 aromatic rings. The van der Waals surface area contributed by atoms with Crippen molar-refractivity contribution in [2.45, 2.75) is 26.4 Å². The van der Waals surface area contributed by atoms with Gasteiger partial charge in [-0.15, -0.1) is 11.3 Å². The van der Waals surface area contributed by atoms with Crippen LogP contribution < -0.4 is 5.32 Å². The molecule has 0 saturated carbocycles. The van der Waals surface area contributed by atoms with E-state index in [1.807, 2.05) is 0 Å². The highest BCUT2D eigenvalue weighted by Crippen LogP contribution is 2.15. The molecule has 0 fully saturated rings. The molecule has 0 radical (unpaired) electrons. The fourth-order valence-electron chi connectivity index (χ4n) is 1.72. The lowest BCUT2D eigenvalue weighted by Gasteiger charge is -2.25. The summed E-state index contributed by atoms with van der Waals surface area (Å²) in [7, 11) is 4.12. The van der Waals surface area contributed by atoms with Crippen LogP contribution in [0.15, 0.2) is 11.4 Å². The van der Waals surface area contributed by atoms with Crippen LogP contribution in [0.1, 0.15) is 29.1 Å². The van der Waals surface area contributed by atoms with E-state index in [2.05, 4.69) is 38.2 Å². The third-order valence-corrected chi connectivity index (χ3v) is 3.74. The first-order valence-electron chi connectivity index (χ1n) is 6.09. The maximum atomic E-state index is 10.8. The van der Waals surface area contributed by atoms with E-state index in [0.717, 1.165) is 18.0 Å². The number of hydrogen-bond acceptors (Lipinski definition) is 4. The molecule has 0 aliphatic rings. The van der Waals surface area contributed by atoms with Gasteiger partial charge in [0.2, 0.25) is 0 Å². The highest BCUT2D eigenvalue weighted by atomic mass is 32.1. The van der Waals surface area contributed by atoms with Crippen LogP contribution in [0.25, 0.3) is 0 Å². The number of aromatic carboxylic acids is 1. The molecule has 102 valence electrons. The fourth-order valence-corrected chi connectivity index (χ4v) is 2.53. The second-order valence-electron chi connectivity index (χ2n) is 5.10. The summed E-state index contributed by atoms with van der Waals surface area (Å²) >= 11 is 1.49. The summed E-state index contributed by atoms with van der Waals surface area (Å²) in [5.41, 5.74) is 0.380. The molecule has 0 aliphatic heterocycles. The number of hydrogen-bond donors (Lipinski definition) is 2. The summed E-state index contributed by atoms with van der Waals surface area (Å²) in [6.07, 6.45) is 0. The highest BCUT2D eigenvalue weighted by Gasteiger charge is 2.14. The van der Waals surface area contributed by atoms with Gasteiger partial charge in [0.25, 0.3) is 0 Å². The lowest BCUT2D eigenvalue weighted by atomic mass is 10.0. The van der Waals surface area contributed by atoms with Gasteiger partial charge in [0.05, 0.1) is 5.56 Å². The van der Waals surface area contributed by atoms with Crippen molar-refractivity contribution < 1.29 is 9.90 Å². The molecule has 1 heterocycles. The van der Waals surface area contributed by atoms with Crippen LogP contribution >= 0.6 is 11.3 Å². The third kappa shape index (κ3) is 4.76. The lowest BCUT2D eigenvalue weighted by molar-refractivity contribution is 0.0697. The Hall–Kier alpha value is -0.910. The van der Waals surface area contributed by atoms with Crippen molar-refractivity contribution in [2.75, 3.05) is 20.6 Å². The largest absolute Gasteiger partial charge is 0.478 e. The van der Waals surface area contributed by atoms with E-state index >= 15 is 0 Å². The number of carboxylic acid groups (broad SMARTS) is 1. The summed E-state index contributed by atoms with van der Waals surface area (Å²) in [6, 6.07) is 2.16. The quantitative estimate of drug-likeness (QED) is 0.797. The number of rotatable bonds is 7. The maximum Gasteiger partial charge on any atom is 0.336 e. The van der Waals surface area contributed by atoms with E-state index in [1.165, 1.54) is 11.3 Å². The monoisotopic (exact) mass is 270 g/mol. The molecule has 0 aromatic carbocycles. The van der Waals surface area contributed by atoms with Crippen LogP contribution in [0.3, 0.4) is 0 Å². The van der Waals surface area contributed by atoms with E-state index in [4.69, 9.17) is 5.11 Å². The number of nitrogens with zero attached hydrogens (tertiary/aromatic N) is 1. The first-order chi connectivity index (χ1) is 8.40. The van der Waals surface area contributed by atoms with Crippen LogP contribution in [0, 0.1) is 5.92 Å². The normalized spacial score (nSPS) is 13.2. The summed E-state index contributed by atoms with van der Waals surface area (Å²) in [4.78, 5) is 14.0. The molecule has 2 N–H and O–H groups in total. The van der Waals surface area contributed by atoms with Crippen molar-refractivity contribution in [1.29, 1.82) is 0 Å². The maximum absolute atomic E-state index is 10.8. The number of carbonyl (C=O) groups is 1. The van der Waals surface area contributed by atoms with Crippen molar-refractivity contribution in [1.82, 2.24) is 10.2 Å². The van der Waals surface area contributed by atoms with E-state index in [9.17, 15) is 4.79 Å². The predicted octanol–water partition coefficient (Wildman–Crippen LogP) is 2.12. The Morgan fingerprint density at radius 1 is 1.50 bits per heavy atom. The molecule has 5 heteroatoms. The Morgan fingerprint density at radius 3 is 2.61 bits per heavy atom. The lowest BCUT2D eigenvalue weighted by Crippen LogP contribution is -2.41. The Kier molecular flexibility index (Phi) is 5.78. The van der Waals surface area contributed by atoms with Gasteiger partial charge in [0.1, 0.15) is 0 Å². The smallest absolute Gasteiger partial charge is 0.336 e. The number of thiophene rings is 1. The molecule has 0 bridgehead atoms. The summed E-state index contributed by atoms with van der Waals surface area (Å²) in [5, 5.41) is 14.0. The zero-order valence-corrected chi connectivity index (χ0v) is 12.3. The van der Waals surface area contributed by atoms with Crippen LogP contribution in [0.4, 0.5) is 0 Å².